The summed E-state index contributed by atoms with van der Waals surface area (Å²) < 4.78 is 72.5. The molecule has 0 saturated carbocycles. The topological polar surface area (TPSA) is 29.5 Å². The average Bonchev–Trinajstić information content (AvgIpc) is 2.60. The second-order valence-corrected chi connectivity index (χ2v) is 4.76. The zero-order valence-electron chi connectivity index (χ0n) is 19.8. The Balaban J connectivity index is 2.78. The molecule has 0 unspecified atom stereocenters. The molecule has 1 fully saturated rings. The van der Waals surface area contributed by atoms with Crippen LogP contribution in [0.1, 0.15) is 42.6 Å². The van der Waals surface area contributed by atoms with Gasteiger partial charge in [-0.3, -0.25) is 4.79 Å². The van der Waals surface area contributed by atoms with Crippen LogP contribution < -0.4 is 0 Å². The third-order valence-electron chi connectivity index (χ3n) is 3.03. The van der Waals surface area contributed by atoms with Gasteiger partial charge in [-0.15, -0.1) is 0 Å². The molecule has 1 aromatic rings. The van der Waals surface area contributed by atoms with Crippen LogP contribution >= 0.6 is 0 Å². The maximum absolute atomic E-state index is 12.4. The largest absolute Gasteiger partial charge is 0.466 e. The molecule has 110 valence electrons. The Morgan fingerprint density at radius 3 is 2.60 bits per heavy atom. The molecule has 1 saturated heterocycles. The predicted octanol–water partition coefficient (Wildman–Crippen LogP) is 2.89. The summed E-state index contributed by atoms with van der Waals surface area (Å²) >= 11 is 0. The number of piperidine rings is 1. The molecular formula is C17H25NO2. The summed E-state index contributed by atoms with van der Waals surface area (Å²) in [5, 5.41) is 0. The van der Waals surface area contributed by atoms with E-state index < -0.39 is 43.5 Å². The van der Waals surface area contributed by atoms with Crippen molar-refractivity contribution in [3.8, 4) is 0 Å². The van der Waals surface area contributed by atoms with E-state index in [1.54, 1.807) is 37.3 Å². The van der Waals surface area contributed by atoms with Crippen LogP contribution in [0.25, 0.3) is 0 Å². The van der Waals surface area contributed by atoms with E-state index in [1.807, 2.05) is 0 Å². The third-order valence-corrected chi connectivity index (χ3v) is 3.03. The van der Waals surface area contributed by atoms with E-state index in [2.05, 4.69) is 0 Å². The zero-order valence-corrected chi connectivity index (χ0v) is 11.8. The SMILES string of the molecule is [2H]C1([2H])N(C)C([2H])([2H])C([2H])([2H])C(CC(=O)OCC)(Cc2ccccc2)C1([2H])[2H]. The number of rotatable bonds is 5. The molecule has 0 amide bonds. The molecule has 1 aliphatic heterocycles. The molecule has 0 aliphatic carbocycles. The minimum Gasteiger partial charge on any atom is -0.466 e. The second kappa shape index (κ2) is 6.89. The fourth-order valence-electron chi connectivity index (χ4n) is 2.08. The summed E-state index contributed by atoms with van der Waals surface area (Å²) in [6.45, 7) is -4.23. The normalized spacial score (nSPS) is 34.7. The Labute approximate surface area is 133 Å². The fraction of sp³-hybridized carbons (Fsp3) is 0.588. The van der Waals surface area contributed by atoms with Gasteiger partial charge in [-0.2, -0.15) is 0 Å². The van der Waals surface area contributed by atoms with Crippen LogP contribution in [0.3, 0.4) is 0 Å². The average molecular weight is 283 g/mol. The molecular weight excluding hydrogens is 250 g/mol. The van der Waals surface area contributed by atoms with Gasteiger partial charge in [0, 0.05) is 11.0 Å². The van der Waals surface area contributed by atoms with Gasteiger partial charge < -0.3 is 9.64 Å². The highest BCUT2D eigenvalue weighted by Crippen LogP contribution is 2.38. The van der Waals surface area contributed by atoms with Crippen LogP contribution in [0.4, 0.5) is 0 Å². The van der Waals surface area contributed by atoms with Crippen molar-refractivity contribution >= 4 is 5.97 Å². The summed E-state index contributed by atoms with van der Waals surface area (Å²) in [7, 11) is 1.01. The van der Waals surface area contributed by atoms with Crippen molar-refractivity contribution in [2.24, 2.45) is 5.41 Å². The summed E-state index contributed by atoms with van der Waals surface area (Å²) in [6.07, 6.45) is -7.03. The lowest BCUT2D eigenvalue weighted by molar-refractivity contribution is -0.146. The first kappa shape index (κ1) is 7.60. The fourth-order valence-corrected chi connectivity index (χ4v) is 2.08. The highest BCUT2D eigenvalue weighted by molar-refractivity contribution is 5.70. The van der Waals surface area contributed by atoms with Gasteiger partial charge in [0.25, 0.3) is 0 Å². The minimum atomic E-state index is -2.92. The number of nitrogens with zero attached hydrogens (tertiary/aromatic N) is 1. The Bertz CT molecular complexity index is 695. The molecule has 3 heteroatoms. The molecule has 1 aromatic carbocycles. The Hall–Kier alpha value is -1.35. The van der Waals surface area contributed by atoms with Crippen LogP contribution in [0.15, 0.2) is 30.3 Å². The molecule has 1 heterocycles. The quantitative estimate of drug-likeness (QED) is 0.778. The standard InChI is InChI=1S/C17H25NO2/c1-3-20-16(19)14-17(9-11-18(2)12-10-17)13-15-7-5-4-6-8-15/h4-8H,3,9-14H2,1-2H3/i9D2,10D2,11D2,12D2. The lowest BCUT2D eigenvalue weighted by Gasteiger charge is -2.40. The number of hydrogen-bond donors (Lipinski definition) is 0. The number of ether oxygens (including phenoxy) is 1. The molecule has 0 atom stereocenters. The number of esters is 1. The van der Waals surface area contributed by atoms with Crippen molar-refractivity contribution < 1.29 is 20.5 Å². The predicted molar refractivity (Wildman–Crippen MR) is 80.6 cm³/mol. The van der Waals surface area contributed by atoms with Gasteiger partial charge >= 0.3 is 5.97 Å². The van der Waals surface area contributed by atoms with Crippen molar-refractivity contribution in [3.63, 3.8) is 0 Å². The van der Waals surface area contributed by atoms with Crippen molar-refractivity contribution in [1.82, 2.24) is 4.90 Å². The molecule has 0 N–H and O–H groups in total. The molecule has 20 heavy (non-hydrogen) atoms. The molecule has 0 spiro atoms. The van der Waals surface area contributed by atoms with Gasteiger partial charge in [-0.1, -0.05) is 30.3 Å². The summed E-state index contributed by atoms with van der Waals surface area (Å²) in [5.74, 6) is -0.901. The summed E-state index contributed by atoms with van der Waals surface area (Å²) in [5.41, 5.74) is -1.89. The van der Waals surface area contributed by atoms with Gasteiger partial charge in [0.2, 0.25) is 0 Å². The van der Waals surface area contributed by atoms with E-state index in [1.165, 1.54) is 0 Å². The third kappa shape index (κ3) is 4.07. The van der Waals surface area contributed by atoms with Crippen molar-refractivity contribution in [2.75, 3.05) is 26.6 Å². The minimum absolute atomic E-state index is 0.00800. The van der Waals surface area contributed by atoms with E-state index in [9.17, 15) is 4.79 Å². The maximum Gasteiger partial charge on any atom is 0.306 e. The smallest absolute Gasteiger partial charge is 0.306 e. The number of benzene rings is 1. The maximum atomic E-state index is 12.4. The lowest BCUT2D eigenvalue weighted by atomic mass is 9.71. The van der Waals surface area contributed by atoms with Crippen molar-refractivity contribution in [1.29, 1.82) is 0 Å². The Morgan fingerprint density at radius 2 is 2.00 bits per heavy atom. The number of hydrogen-bond acceptors (Lipinski definition) is 3. The van der Waals surface area contributed by atoms with Gasteiger partial charge in [0.15, 0.2) is 0 Å². The van der Waals surface area contributed by atoms with Crippen LogP contribution in [0.2, 0.25) is 0 Å². The van der Waals surface area contributed by atoms with E-state index in [4.69, 9.17) is 15.7 Å². The van der Waals surface area contributed by atoms with E-state index in [0.717, 1.165) is 7.05 Å². The van der Waals surface area contributed by atoms with E-state index in [0.29, 0.717) is 10.5 Å². The van der Waals surface area contributed by atoms with E-state index in [-0.39, 0.29) is 13.0 Å². The van der Waals surface area contributed by atoms with Gasteiger partial charge in [-0.05, 0) is 57.1 Å². The Kier molecular flexibility index (Phi) is 2.62. The monoisotopic (exact) mass is 283 g/mol. The van der Waals surface area contributed by atoms with Crippen LogP contribution in [-0.4, -0.2) is 37.5 Å². The van der Waals surface area contributed by atoms with E-state index >= 15 is 0 Å². The molecule has 0 bridgehead atoms. The van der Waals surface area contributed by atoms with Crippen molar-refractivity contribution in [3.05, 3.63) is 35.9 Å². The van der Waals surface area contributed by atoms with Crippen LogP contribution in [0, 0.1) is 5.41 Å². The first-order valence-corrected chi connectivity index (χ1v) is 6.62. The molecule has 3 nitrogen and oxygen atoms in total. The van der Waals surface area contributed by atoms with Crippen LogP contribution in [0.5, 0.6) is 0 Å². The lowest BCUT2D eigenvalue weighted by Crippen LogP contribution is -2.40. The van der Waals surface area contributed by atoms with Crippen LogP contribution in [-0.2, 0) is 16.0 Å². The second-order valence-electron chi connectivity index (χ2n) is 4.76. The van der Waals surface area contributed by atoms with Gasteiger partial charge in [-0.25, -0.2) is 0 Å². The summed E-state index contributed by atoms with van der Waals surface area (Å²) in [6, 6.07) is 8.27. The molecule has 2 rings (SSSR count). The first-order chi connectivity index (χ1) is 12.7. The highest BCUT2D eigenvalue weighted by Gasteiger charge is 2.36. The number of carbonyl (C=O) groups is 1. The van der Waals surface area contributed by atoms with Gasteiger partial charge in [0.1, 0.15) is 0 Å². The van der Waals surface area contributed by atoms with Crippen molar-refractivity contribution in [2.45, 2.75) is 32.5 Å². The zero-order chi connectivity index (χ0) is 21.6. The molecule has 0 radical (unpaired) electrons. The Morgan fingerprint density at radius 1 is 1.35 bits per heavy atom. The first-order valence-electron chi connectivity index (χ1n) is 10.6. The molecule has 1 aliphatic rings. The number of likely N-dealkylation sites (tertiary alicyclic amines) is 1. The highest BCUT2D eigenvalue weighted by atomic mass is 16.5. The number of carbonyl (C=O) groups excluding carboxylic acids is 1. The molecule has 0 aromatic heterocycles. The summed E-state index contributed by atoms with van der Waals surface area (Å²) in [4.78, 5) is 12.8. The van der Waals surface area contributed by atoms with Gasteiger partial charge in [0.05, 0.1) is 13.0 Å².